The van der Waals surface area contributed by atoms with Crippen molar-refractivity contribution in [2.45, 2.75) is 18.0 Å². The SMILES string of the molecule is CN(CCC#N)C(=O)CCSc1n[nH]c(=O)n1C. The summed E-state index contributed by atoms with van der Waals surface area (Å²) in [6.45, 7) is 0.445. The standard InChI is InChI=1S/C10H15N5O2S/c1-14(6-3-5-11)8(16)4-7-18-10-13-12-9(17)15(10)2/h3-4,6-7H2,1-2H3,(H,12,17). The molecule has 1 heterocycles. The zero-order chi connectivity index (χ0) is 13.5. The maximum atomic E-state index is 11.6. The van der Waals surface area contributed by atoms with Gasteiger partial charge in [-0.3, -0.25) is 9.36 Å². The third kappa shape index (κ3) is 3.92. The number of nitriles is 1. The summed E-state index contributed by atoms with van der Waals surface area (Å²) in [6.07, 6.45) is 0.691. The van der Waals surface area contributed by atoms with Crippen molar-refractivity contribution in [3.63, 3.8) is 0 Å². The average Bonchev–Trinajstić information content (AvgIpc) is 2.67. The van der Waals surface area contributed by atoms with Crippen molar-refractivity contribution in [2.75, 3.05) is 19.3 Å². The largest absolute Gasteiger partial charge is 0.345 e. The van der Waals surface area contributed by atoms with Crippen LogP contribution < -0.4 is 5.69 Å². The van der Waals surface area contributed by atoms with Crippen LogP contribution in [0.4, 0.5) is 0 Å². The molecule has 0 spiro atoms. The smallest absolute Gasteiger partial charge is 0.343 e. The van der Waals surface area contributed by atoms with E-state index in [1.54, 1.807) is 14.1 Å². The van der Waals surface area contributed by atoms with Gasteiger partial charge in [-0.1, -0.05) is 11.8 Å². The fourth-order valence-electron chi connectivity index (χ4n) is 1.22. The molecule has 0 saturated heterocycles. The molecule has 0 aromatic carbocycles. The molecule has 0 unspecified atom stereocenters. The molecule has 1 amide bonds. The van der Waals surface area contributed by atoms with Crippen molar-refractivity contribution in [3.05, 3.63) is 10.5 Å². The van der Waals surface area contributed by atoms with Crippen LogP contribution in [0.5, 0.6) is 0 Å². The number of nitrogens with one attached hydrogen (secondary N) is 1. The second-order valence-corrected chi connectivity index (χ2v) is 4.75. The Labute approximate surface area is 109 Å². The number of aromatic amines is 1. The van der Waals surface area contributed by atoms with Crippen LogP contribution in [0.25, 0.3) is 0 Å². The van der Waals surface area contributed by atoms with Crippen LogP contribution in [-0.2, 0) is 11.8 Å². The Bertz CT molecular complexity index is 501. The fourth-order valence-corrected chi connectivity index (χ4v) is 2.07. The first-order valence-corrected chi connectivity index (χ1v) is 6.40. The predicted molar refractivity (Wildman–Crippen MR) is 67.0 cm³/mol. The molecule has 1 aromatic rings. The molecule has 0 saturated carbocycles. The lowest BCUT2D eigenvalue weighted by molar-refractivity contribution is -0.129. The second-order valence-electron chi connectivity index (χ2n) is 3.69. The monoisotopic (exact) mass is 269 g/mol. The number of nitrogens with zero attached hydrogens (tertiary/aromatic N) is 4. The molecule has 98 valence electrons. The summed E-state index contributed by atoms with van der Waals surface area (Å²) in [4.78, 5) is 24.3. The molecule has 0 atom stereocenters. The number of hydrogen-bond acceptors (Lipinski definition) is 5. The van der Waals surface area contributed by atoms with Crippen molar-refractivity contribution >= 4 is 17.7 Å². The second kappa shape index (κ2) is 6.86. The number of amides is 1. The third-order valence-corrected chi connectivity index (χ3v) is 3.40. The lowest BCUT2D eigenvalue weighted by Crippen LogP contribution is -2.27. The van der Waals surface area contributed by atoms with E-state index >= 15 is 0 Å². The van der Waals surface area contributed by atoms with Crippen molar-refractivity contribution in [1.29, 1.82) is 5.26 Å². The summed E-state index contributed by atoms with van der Waals surface area (Å²) in [5.74, 6) is 0.534. The van der Waals surface area contributed by atoms with Gasteiger partial charge in [-0.05, 0) is 0 Å². The van der Waals surface area contributed by atoms with Crippen LogP contribution in [0, 0.1) is 11.3 Å². The first-order valence-electron chi connectivity index (χ1n) is 5.41. The summed E-state index contributed by atoms with van der Waals surface area (Å²) >= 11 is 1.35. The molecule has 1 aromatic heterocycles. The van der Waals surface area contributed by atoms with Crippen molar-refractivity contribution in [1.82, 2.24) is 19.7 Å². The third-order valence-electron chi connectivity index (χ3n) is 2.37. The van der Waals surface area contributed by atoms with E-state index in [2.05, 4.69) is 10.2 Å². The summed E-state index contributed by atoms with van der Waals surface area (Å²) < 4.78 is 1.40. The quantitative estimate of drug-likeness (QED) is 0.731. The van der Waals surface area contributed by atoms with Gasteiger partial charge in [-0.2, -0.15) is 5.26 Å². The highest BCUT2D eigenvalue weighted by atomic mass is 32.2. The van der Waals surface area contributed by atoms with Crippen LogP contribution in [-0.4, -0.2) is 44.9 Å². The number of H-pyrrole nitrogens is 1. The molecule has 0 aliphatic rings. The zero-order valence-corrected chi connectivity index (χ0v) is 11.2. The van der Waals surface area contributed by atoms with Crippen LogP contribution in [0.1, 0.15) is 12.8 Å². The Morgan fingerprint density at radius 3 is 2.94 bits per heavy atom. The topological polar surface area (TPSA) is 94.8 Å². The van der Waals surface area contributed by atoms with E-state index in [0.717, 1.165) is 0 Å². The van der Waals surface area contributed by atoms with Gasteiger partial charge in [-0.15, -0.1) is 5.10 Å². The van der Waals surface area contributed by atoms with E-state index < -0.39 is 0 Å². The maximum Gasteiger partial charge on any atom is 0.343 e. The highest BCUT2D eigenvalue weighted by Gasteiger charge is 2.10. The van der Waals surface area contributed by atoms with Crippen molar-refractivity contribution in [3.8, 4) is 6.07 Å². The molecule has 1 N–H and O–H groups in total. The van der Waals surface area contributed by atoms with Crippen molar-refractivity contribution < 1.29 is 4.79 Å². The van der Waals surface area contributed by atoms with Crippen LogP contribution in [0.15, 0.2) is 9.95 Å². The van der Waals surface area contributed by atoms with Gasteiger partial charge in [0.1, 0.15) is 0 Å². The number of thioether (sulfide) groups is 1. The minimum Gasteiger partial charge on any atom is -0.345 e. The van der Waals surface area contributed by atoms with Gasteiger partial charge >= 0.3 is 5.69 Å². The number of carbonyl (C=O) groups excluding carboxylic acids is 1. The molecule has 7 nitrogen and oxygen atoms in total. The maximum absolute atomic E-state index is 11.6. The van der Waals surface area contributed by atoms with Gasteiger partial charge in [0.05, 0.1) is 12.5 Å². The molecule has 0 radical (unpaired) electrons. The fraction of sp³-hybridized carbons (Fsp3) is 0.600. The zero-order valence-electron chi connectivity index (χ0n) is 10.3. The van der Waals surface area contributed by atoms with E-state index in [-0.39, 0.29) is 11.6 Å². The predicted octanol–water partition coefficient (Wildman–Crippen LogP) is -0.0373. The molecule has 8 heteroatoms. The lowest BCUT2D eigenvalue weighted by Gasteiger charge is -2.14. The Balaban J connectivity index is 2.34. The molecular weight excluding hydrogens is 254 g/mol. The van der Waals surface area contributed by atoms with Gasteiger partial charge in [0.25, 0.3) is 0 Å². The summed E-state index contributed by atoms with van der Waals surface area (Å²) in [5, 5.41) is 15.1. The van der Waals surface area contributed by atoms with E-state index in [0.29, 0.717) is 30.3 Å². The Hall–Kier alpha value is -1.75. The first kappa shape index (κ1) is 14.3. The molecule has 1 rings (SSSR count). The summed E-state index contributed by atoms with van der Waals surface area (Å²) in [6, 6.07) is 1.99. The Morgan fingerprint density at radius 1 is 1.67 bits per heavy atom. The summed E-state index contributed by atoms with van der Waals surface area (Å²) in [7, 11) is 3.30. The Kier molecular flexibility index (Phi) is 5.45. The molecular formula is C10H15N5O2S. The van der Waals surface area contributed by atoms with E-state index in [1.807, 2.05) is 6.07 Å². The van der Waals surface area contributed by atoms with Gasteiger partial charge in [0.2, 0.25) is 5.91 Å². The van der Waals surface area contributed by atoms with Gasteiger partial charge in [0.15, 0.2) is 5.16 Å². The highest BCUT2D eigenvalue weighted by molar-refractivity contribution is 7.99. The normalized spacial score (nSPS) is 10.1. The first-order chi connectivity index (χ1) is 8.56. The number of aromatic nitrogens is 3. The molecule has 0 aliphatic heterocycles. The minimum atomic E-state index is -0.269. The van der Waals surface area contributed by atoms with Crippen molar-refractivity contribution in [2.24, 2.45) is 7.05 Å². The van der Waals surface area contributed by atoms with Gasteiger partial charge in [-0.25, -0.2) is 9.89 Å². The van der Waals surface area contributed by atoms with E-state index in [1.165, 1.54) is 21.2 Å². The summed E-state index contributed by atoms with van der Waals surface area (Å²) in [5.41, 5.74) is -0.269. The van der Waals surface area contributed by atoms with E-state index in [4.69, 9.17) is 5.26 Å². The van der Waals surface area contributed by atoms with Gasteiger partial charge in [0, 0.05) is 32.8 Å². The lowest BCUT2D eigenvalue weighted by atomic mass is 10.3. The van der Waals surface area contributed by atoms with Crippen LogP contribution in [0.3, 0.4) is 0 Å². The van der Waals surface area contributed by atoms with Crippen LogP contribution in [0.2, 0.25) is 0 Å². The molecule has 0 bridgehead atoms. The average molecular weight is 269 g/mol. The Morgan fingerprint density at radius 2 is 2.39 bits per heavy atom. The molecule has 18 heavy (non-hydrogen) atoms. The number of carbonyl (C=O) groups is 1. The van der Waals surface area contributed by atoms with Gasteiger partial charge < -0.3 is 4.90 Å². The molecule has 0 fully saturated rings. The number of rotatable bonds is 6. The van der Waals surface area contributed by atoms with E-state index in [9.17, 15) is 9.59 Å². The molecule has 0 aliphatic carbocycles. The van der Waals surface area contributed by atoms with Crippen LogP contribution >= 0.6 is 11.8 Å². The highest BCUT2D eigenvalue weighted by Crippen LogP contribution is 2.13. The number of hydrogen-bond donors (Lipinski definition) is 1. The minimum absolute atomic E-state index is 0.0155.